The van der Waals surface area contributed by atoms with Gasteiger partial charge in [0.15, 0.2) is 0 Å². The summed E-state index contributed by atoms with van der Waals surface area (Å²) in [7, 11) is 0. The van der Waals surface area contributed by atoms with Gasteiger partial charge in [-0.25, -0.2) is 0 Å². The Morgan fingerprint density at radius 1 is 1.04 bits per heavy atom. The molecule has 4 heteroatoms. The monoisotopic (exact) mass is 366 g/mol. The first kappa shape index (κ1) is 17.4. The first-order valence-corrected chi connectivity index (χ1v) is 10.8. The van der Waals surface area contributed by atoms with E-state index in [9.17, 15) is 4.79 Å². The molecule has 4 aliphatic rings. The highest BCUT2D eigenvalue weighted by molar-refractivity contribution is 5.97. The lowest BCUT2D eigenvalue weighted by molar-refractivity contribution is -0.129. The van der Waals surface area contributed by atoms with E-state index < -0.39 is 0 Å². The van der Waals surface area contributed by atoms with Crippen LogP contribution in [0.25, 0.3) is 0 Å². The second-order valence-corrected chi connectivity index (χ2v) is 8.52. The van der Waals surface area contributed by atoms with Crippen molar-refractivity contribution in [2.24, 2.45) is 0 Å². The first-order chi connectivity index (χ1) is 13.3. The topological polar surface area (TPSA) is 41.6 Å². The molecule has 1 aromatic carbocycles. The number of hydrogen-bond acceptors (Lipinski definition) is 3. The summed E-state index contributed by atoms with van der Waals surface area (Å²) in [5.41, 5.74) is 5.36. The summed E-state index contributed by atoms with van der Waals surface area (Å²) < 4.78 is 5.87. The maximum Gasteiger partial charge on any atom is 0.251 e. The average Bonchev–Trinajstić information content (AvgIpc) is 3.31. The summed E-state index contributed by atoms with van der Waals surface area (Å²) in [6, 6.07) is 9.16. The second-order valence-electron chi connectivity index (χ2n) is 8.52. The molecule has 0 radical (unpaired) electrons. The number of benzene rings is 1. The zero-order valence-corrected chi connectivity index (χ0v) is 16.1. The number of rotatable bonds is 4. The largest absolute Gasteiger partial charge is 0.376 e. The van der Waals surface area contributed by atoms with Crippen LogP contribution in [0.1, 0.15) is 68.5 Å². The van der Waals surface area contributed by atoms with Gasteiger partial charge in [0, 0.05) is 24.8 Å². The number of fused-ring (bicyclic) bond motifs is 1. The third-order valence-corrected chi connectivity index (χ3v) is 6.82. The maximum atomic E-state index is 13.2. The van der Waals surface area contributed by atoms with E-state index in [0.717, 1.165) is 57.2 Å². The second kappa shape index (κ2) is 7.40. The first-order valence-electron chi connectivity index (χ1n) is 10.8. The Labute approximate surface area is 162 Å². The van der Waals surface area contributed by atoms with E-state index >= 15 is 0 Å². The molecule has 1 fully saturated rings. The number of amides is 1. The molecule has 1 saturated heterocycles. The van der Waals surface area contributed by atoms with Crippen molar-refractivity contribution in [2.45, 2.75) is 76.1 Å². The summed E-state index contributed by atoms with van der Waals surface area (Å²) in [6.45, 7) is 1.58. The number of hydrogen-bond donors (Lipinski definition) is 1. The van der Waals surface area contributed by atoms with E-state index in [-0.39, 0.29) is 18.2 Å². The van der Waals surface area contributed by atoms with Crippen LogP contribution in [-0.2, 0) is 16.0 Å². The van der Waals surface area contributed by atoms with Crippen molar-refractivity contribution in [3.63, 3.8) is 0 Å². The van der Waals surface area contributed by atoms with E-state index in [1.54, 1.807) is 0 Å². The fourth-order valence-electron chi connectivity index (χ4n) is 5.46. The summed E-state index contributed by atoms with van der Waals surface area (Å²) in [6.07, 6.45) is 10.4. The van der Waals surface area contributed by atoms with Gasteiger partial charge in [-0.3, -0.25) is 10.1 Å². The molecule has 3 atom stereocenters. The van der Waals surface area contributed by atoms with Gasteiger partial charge in [-0.05, 0) is 74.5 Å². The molecule has 1 N–H and O–H groups in total. The van der Waals surface area contributed by atoms with Gasteiger partial charge in [0.25, 0.3) is 5.91 Å². The number of aryl methyl sites for hydroxylation is 1. The predicted molar refractivity (Wildman–Crippen MR) is 105 cm³/mol. The molecule has 1 amide bonds. The quantitative estimate of drug-likeness (QED) is 0.879. The highest BCUT2D eigenvalue weighted by atomic mass is 16.5. The summed E-state index contributed by atoms with van der Waals surface area (Å²) >= 11 is 0. The van der Waals surface area contributed by atoms with Crippen molar-refractivity contribution in [1.29, 1.82) is 0 Å². The minimum absolute atomic E-state index is 0.0631. The molecule has 2 aliphatic heterocycles. The van der Waals surface area contributed by atoms with Gasteiger partial charge < -0.3 is 9.64 Å². The SMILES string of the molecule is O=C1C2=C(CCCC2)[C@H](N[C@@H]2CCCc3ccccc32)N1C[C@@H]1CCCO1. The van der Waals surface area contributed by atoms with Crippen LogP contribution in [0.15, 0.2) is 35.4 Å². The summed E-state index contributed by atoms with van der Waals surface area (Å²) in [5, 5.41) is 3.92. The number of carbonyl (C=O) groups excluding carboxylic acids is 1. The Hall–Kier alpha value is -1.65. The van der Waals surface area contributed by atoms with Crippen LogP contribution in [0.2, 0.25) is 0 Å². The molecule has 27 heavy (non-hydrogen) atoms. The normalized spacial score (nSPS) is 30.6. The van der Waals surface area contributed by atoms with Crippen molar-refractivity contribution >= 4 is 5.91 Å². The summed E-state index contributed by atoms with van der Waals surface area (Å²) in [4.78, 5) is 15.3. The van der Waals surface area contributed by atoms with Gasteiger partial charge in [0.1, 0.15) is 6.17 Å². The lowest BCUT2D eigenvalue weighted by atomic mass is 9.86. The molecule has 0 bridgehead atoms. The van der Waals surface area contributed by atoms with Gasteiger partial charge >= 0.3 is 0 Å². The van der Waals surface area contributed by atoms with Crippen LogP contribution in [0.5, 0.6) is 0 Å². The van der Waals surface area contributed by atoms with Crippen LogP contribution in [-0.4, -0.2) is 36.2 Å². The van der Waals surface area contributed by atoms with E-state index in [0.29, 0.717) is 6.04 Å². The van der Waals surface area contributed by atoms with Crippen molar-refractivity contribution < 1.29 is 9.53 Å². The third-order valence-electron chi connectivity index (χ3n) is 6.82. The van der Waals surface area contributed by atoms with Crippen LogP contribution >= 0.6 is 0 Å². The van der Waals surface area contributed by atoms with Gasteiger partial charge in [-0.1, -0.05) is 24.3 Å². The molecule has 4 nitrogen and oxygen atoms in total. The Balaban J connectivity index is 1.42. The molecule has 0 saturated carbocycles. The molecule has 0 spiro atoms. The minimum atomic E-state index is 0.0631. The van der Waals surface area contributed by atoms with Crippen molar-refractivity contribution in [1.82, 2.24) is 10.2 Å². The molecule has 0 unspecified atom stereocenters. The van der Waals surface area contributed by atoms with Gasteiger partial charge in [-0.2, -0.15) is 0 Å². The maximum absolute atomic E-state index is 13.2. The molecule has 2 heterocycles. The molecule has 144 valence electrons. The molecule has 2 aliphatic carbocycles. The van der Waals surface area contributed by atoms with Crippen molar-refractivity contribution in [3.8, 4) is 0 Å². The number of carbonyl (C=O) groups is 1. The van der Waals surface area contributed by atoms with Gasteiger partial charge in [-0.15, -0.1) is 0 Å². The average molecular weight is 367 g/mol. The van der Waals surface area contributed by atoms with Crippen molar-refractivity contribution in [2.75, 3.05) is 13.2 Å². The van der Waals surface area contributed by atoms with Crippen LogP contribution < -0.4 is 5.32 Å². The number of ether oxygens (including phenoxy) is 1. The van der Waals surface area contributed by atoms with E-state index in [2.05, 4.69) is 34.5 Å². The van der Waals surface area contributed by atoms with Crippen LogP contribution in [0, 0.1) is 0 Å². The molecular weight excluding hydrogens is 336 g/mol. The van der Waals surface area contributed by atoms with Crippen LogP contribution in [0.3, 0.4) is 0 Å². The lowest BCUT2D eigenvalue weighted by Crippen LogP contribution is -2.49. The number of nitrogens with one attached hydrogen (secondary N) is 1. The third kappa shape index (κ3) is 3.23. The van der Waals surface area contributed by atoms with Crippen LogP contribution in [0.4, 0.5) is 0 Å². The van der Waals surface area contributed by atoms with E-state index in [4.69, 9.17) is 4.74 Å². The molecule has 0 aromatic heterocycles. The Bertz CT molecular complexity index is 751. The Morgan fingerprint density at radius 3 is 2.81 bits per heavy atom. The molecular formula is C23H30N2O2. The zero-order valence-electron chi connectivity index (χ0n) is 16.1. The Morgan fingerprint density at radius 2 is 1.93 bits per heavy atom. The highest BCUT2D eigenvalue weighted by Gasteiger charge is 2.42. The molecule has 5 rings (SSSR count). The predicted octanol–water partition coefficient (Wildman–Crippen LogP) is 3.87. The minimum Gasteiger partial charge on any atom is -0.376 e. The fourth-order valence-corrected chi connectivity index (χ4v) is 5.46. The zero-order chi connectivity index (χ0) is 18.2. The molecule has 1 aromatic rings. The highest BCUT2D eigenvalue weighted by Crippen LogP contribution is 2.38. The smallest absolute Gasteiger partial charge is 0.251 e. The van der Waals surface area contributed by atoms with E-state index in [1.807, 2.05) is 0 Å². The lowest BCUT2D eigenvalue weighted by Gasteiger charge is -2.35. The van der Waals surface area contributed by atoms with E-state index in [1.165, 1.54) is 36.0 Å². The number of nitrogens with zero attached hydrogens (tertiary/aromatic N) is 1. The standard InChI is InChI=1S/C23H30N2O2/c26-23-20-12-4-3-11-19(20)22(25(23)15-17-9-6-14-27-17)24-21-13-5-8-16-7-1-2-10-18(16)21/h1-2,7,10,17,21-22,24H,3-6,8-9,11-15H2/t17-,21+,22+/m0/s1. The van der Waals surface area contributed by atoms with Crippen molar-refractivity contribution in [3.05, 3.63) is 46.5 Å². The van der Waals surface area contributed by atoms with Gasteiger partial charge in [0.2, 0.25) is 0 Å². The fraction of sp³-hybridized carbons (Fsp3) is 0.609. The summed E-state index contributed by atoms with van der Waals surface area (Å²) in [5.74, 6) is 0.266. The Kier molecular flexibility index (Phi) is 4.78. The van der Waals surface area contributed by atoms with Gasteiger partial charge in [0.05, 0.1) is 6.10 Å².